The van der Waals surface area contributed by atoms with E-state index in [0.29, 0.717) is 11.1 Å². The number of rotatable bonds is 0. The number of halogens is 2. The summed E-state index contributed by atoms with van der Waals surface area (Å²) < 4.78 is 5.70. The van der Waals surface area contributed by atoms with Crippen molar-refractivity contribution in [3.05, 3.63) is 11.2 Å². The first-order valence-corrected chi connectivity index (χ1v) is 3.16. The first-order chi connectivity index (χ1) is 4.72. The Bertz CT molecular complexity index is 191. The van der Waals surface area contributed by atoms with Crippen molar-refractivity contribution in [2.75, 3.05) is 7.11 Å². The molecule has 0 saturated carbocycles. The molecule has 0 bridgehead atoms. The second-order valence-electron chi connectivity index (χ2n) is 1.51. The Balaban J connectivity index is 2.72. The SMILES string of the molecule is COC1=NN(Cl)NC(Cl)=C1. The van der Waals surface area contributed by atoms with E-state index in [9.17, 15) is 0 Å². The molecule has 0 fully saturated rings. The van der Waals surface area contributed by atoms with Crippen LogP contribution in [-0.2, 0) is 4.74 Å². The first-order valence-electron chi connectivity index (χ1n) is 2.44. The summed E-state index contributed by atoms with van der Waals surface area (Å²) >= 11 is 11.0. The van der Waals surface area contributed by atoms with Crippen molar-refractivity contribution in [1.29, 1.82) is 0 Å². The number of hydrazone groups is 1. The summed E-state index contributed by atoms with van der Waals surface area (Å²) in [4.78, 5) is 0. The number of hydrogen-bond donors (Lipinski definition) is 1. The summed E-state index contributed by atoms with van der Waals surface area (Å²) in [5, 5.41) is 4.04. The minimum absolute atomic E-state index is 0.360. The molecule has 0 atom stereocenters. The van der Waals surface area contributed by atoms with Crippen molar-refractivity contribution < 1.29 is 4.74 Å². The summed E-state index contributed by atoms with van der Waals surface area (Å²) in [6, 6.07) is 0. The van der Waals surface area contributed by atoms with Gasteiger partial charge in [0.05, 0.1) is 18.9 Å². The Hall–Kier alpha value is -0.610. The molecule has 0 amide bonds. The van der Waals surface area contributed by atoms with Crippen LogP contribution in [0.25, 0.3) is 0 Å². The Morgan fingerprint density at radius 2 is 2.50 bits per heavy atom. The maximum absolute atomic E-state index is 5.55. The highest BCUT2D eigenvalue weighted by molar-refractivity contribution is 6.31. The molecule has 6 heteroatoms. The van der Waals surface area contributed by atoms with Crippen LogP contribution in [0.15, 0.2) is 16.3 Å². The third-order valence-corrected chi connectivity index (χ3v) is 1.20. The third-order valence-electron chi connectivity index (χ3n) is 0.845. The molecule has 10 heavy (non-hydrogen) atoms. The molecule has 0 aromatic carbocycles. The van der Waals surface area contributed by atoms with Crippen LogP contribution in [0.2, 0.25) is 0 Å². The van der Waals surface area contributed by atoms with Crippen molar-refractivity contribution in [2.24, 2.45) is 5.10 Å². The topological polar surface area (TPSA) is 36.9 Å². The van der Waals surface area contributed by atoms with Gasteiger partial charge in [0.15, 0.2) is 0 Å². The van der Waals surface area contributed by atoms with E-state index in [1.54, 1.807) is 0 Å². The monoisotopic (exact) mass is 181 g/mol. The molecule has 0 aromatic rings. The van der Waals surface area contributed by atoms with Gasteiger partial charge in [0.25, 0.3) is 0 Å². The highest BCUT2D eigenvalue weighted by Gasteiger charge is 2.08. The van der Waals surface area contributed by atoms with Crippen LogP contribution in [-0.4, -0.2) is 17.6 Å². The van der Waals surface area contributed by atoms with Crippen molar-refractivity contribution in [1.82, 2.24) is 10.1 Å². The minimum Gasteiger partial charge on any atom is -0.480 e. The molecule has 1 heterocycles. The quantitative estimate of drug-likeness (QED) is 0.448. The van der Waals surface area contributed by atoms with Crippen molar-refractivity contribution in [2.45, 2.75) is 0 Å². The fourth-order valence-corrected chi connectivity index (χ4v) is 0.851. The fraction of sp³-hybridized carbons (Fsp3) is 0.250. The molecular weight excluding hydrogens is 177 g/mol. The van der Waals surface area contributed by atoms with Gasteiger partial charge in [0, 0.05) is 6.08 Å². The maximum atomic E-state index is 5.55. The lowest BCUT2D eigenvalue weighted by atomic mass is 10.6. The summed E-state index contributed by atoms with van der Waals surface area (Å²) in [7, 11) is 1.48. The molecule has 56 valence electrons. The molecule has 0 aromatic heterocycles. The highest BCUT2D eigenvalue weighted by Crippen LogP contribution is 2.07. The van der Waals surface area contributed by atoms with E-state index in [-0.39, 0.29) is 0 Å². The smallest absolute Gasteiger partial charge is 0.237 e. The van der Waals surface area contributed by atoms with Gasteiger partial charge < -0.3 is 4.74 Å². The number of nitrogens with one attached hydrogen (secondary N) is 1. The molecule has 1 aliphatic heterocycles. The summed E-state index contributed by atoms with van der Waals surface area (Å²) in [5.74, 6) is 0.360. The predicted molar refractivity (Wildman–Crippen MR) is 39.2 cm³/mol. The molecule has 0 aliphatic carbocycles. The Morgan fingerprint density at radius 3 is 3.00 bits per heavy atom. The van der Waals surface area contributed by atoms with E-state index in [0.717, 1.165) is 4.64 Å². The number of methoxy groups -OCH3 is 1. The zero-order valence-corrected chi connectivity index (χ0v) is 6.65. The van der Waals surface area contributed by atoms with Crippen LogP contribution in [0.3, 0.4) is 0 Å². The standard InChI is InChI=1S/C4H5Cl2N3O/c1-10-4-2-3(5)7-9(6)8-4/h2,7H,1H3. The lowest BCUT2D eigenvalue weighted by Crippen LogP contribution is -2.28. The summed E-state index contributed by atoms with van der Waals surface area (Å²) in [5.41, 5.74) is 2.50. The average Bonchev–Trinajstić information content (AvgIpc) is 1.85. The van der Waals surface area contributed by atoms with Crippen LogP contribution < -0.4 is 5.43 Å². The molecule has 0 unspecified atom stereocenters. The van der Waals surface area contributed by atoms with Gasteiger partial charge in [-0.25, -0.2) is 0 Å². The maximum Gasteiger partial charge on any atom is 0.237 e. The van der Waals surface area contributed by atoms with Crippen molar-refractivity contribution >= 4 is 29.3 Å². The second-order valence-corrected chi connectivity index (χ2v) is 2.23. The Labute approximate surface area is 68.1 Å². The van der Waals surface area contributed by atoms with Crippen LogP contribution >= 0.6 is 23.4 Å². The lowest BCUT2D eigenvalue weighted by Gasteiger charge is -2.16. The molecule has 4 nitrogen and oxygen atoms in total. The van der Waals surface area contributed by atoms with E-state index in [2.05, 4.69) is 10.5 Å². The molecule has 1 rings (SSSR count). The molecule has 0 saturated heterocycles. The van der Waals surface area contributed by atoms with Gasteiger partial charge in [-0.15, -0.1) is 9.74 Å². The van der Waals surface area contributed by atoms with Crippen LogP contribution in [0.1, 0.15) is 0 Å². The zero-order valence-electron chi connectivity index (χ0n) is 5.14. The van der Waals surface area contributed by atoms with Crippen LogP contribution in [0.5, 0.6) is 0 Å². The van der Waals surface area contributed by atoms with Gasteiger partial charge in [-0.3, -0.25) is 5.43 Å². The van der Waals surface area contributed by atoms with Gasteiger partial charge in [-0.1, -0.05) is 11.6 Å². The number of ether oxygens (including phenoxy) is 1. The molecule has 1 aliphatic rings. The second kappa shape index (κ2) is 2.98. The Kier molecular flexibility index (Phi) is 2.24. The molecule has 1 N–H and O–H groups in total. The zero-order chi connectivity index (χ0) is 7.56. The van der Waals surface area contributed by atoms with E-state index in [1.807, 2.05) is 0 Å². The minimum atomic E-state index is 0.360. The van der Waals surface area contributed by atoms with E-state index >= 15 is 0 Å². The third kappa shape index (κ3) is 1.68. The van der Waals surface area contributed by atoms with Gasteiger partial charge in [0.1, 0.15) is 5.16 Å². The summed E-state index contributed by atoms with van der Waals surface area (Å²) in [6.07, 6.45) is 1.51. The Morgan fingerprint density at radius 1 is 1.80 bits per heavy atom. The van der Waals surface area contributed by atoms with Crippen LogP contribution in [0, 0.1) is 0 Å². The van der Waals surface area contributed by atoms with Gasteiger partial charge in [-0.2, -0.15) is 0 Å². The van der Waals surface area contributed by atoms with Crippen LogP contribution in [0.4, 0.5) is 0 Å². The largest absolute Gasteiger partial charge is 0.480 e. The molecule has 0 radical (unpaired) electrons. The van der Waals surface area contributed by atoms with E-state index in [4.69, 9.17) is 28.1 Å². The van der Waals surface area contributed by atoms with E-state index < -0.39 is 0 Å². The van der Waals surface area contributed by atoms with Gasteiger partial charge >= 0.3 is 0 Å². The fourth-order valence-electron chi connectivity index (χ4n) is 0.469. The van der Waals surface area contributed by atoms with E-state index in [1.165, 1.54) is 13.2 Å². The normalized spacial score (nSPS) is 17.3. The predicted octanol–water partition coefficient (Wildman–Crippen LogP) is 1.00. The molecule has 0 spiro atoms. The van der Waals surface area contributed by atoms with Gasteiger partial charge in [-0.05, 0) is 0 Å². The van der Waals surface area contributed by atoms with Crippen molar-refractivity contribution in [3.8, 4) is 0 Å². The van der Waals surface area contributed by atoms with Gasteiger partial charge in [0.2, 0.25) is 5.90 Å². The number of hydrogen-bond acceptors (Lipinski definition) is 4. The summed E-state index contributed by atoms with van der Waals surface area (Å²) in [6.45, 7) is 0. The lowest BCUT2D eigenvalue weighted by molar-refractivity contribution is 0.346. The number of nitrogens with zero attached hydrogens (tertiary/aromatic N) is 2. The number of hydrazine groups is 1. The average molecular weight is 182 g/mol. The first kappa shape index (κ1) is 7.50. The highest BCUT2D eigenvalue weighted by atomic mass is 35.5. The molecular formula is C4H5Cl2N3O. The van der Waals surface area contributed by atoms with Crippen molar-refractivity contribution in [3.63, 3.8) is 0 Å².